The summed E-state index contributed by atoms with van der Waals surface area (Å²) in [4.78, 5) is 2.46. The average molecular weight is 260 g/mol. The summed E-state index contributed by atoms with van der Waals surface area (Å²) in [6.07, 6.45) is 3.95. The topological polar surface area (TPSA) is 24.5 Å². The third-order valence-corrected chi connectivity index (χ3v) is 4.47. The minimum Gasteiger partial charge on any atom is -0.372 e. The lowest BCUT2D eigenvalue weighted by molar-refractivity contribution is 0.0417. The molecule has 0 aromatic heterocycles. The van der Waals surface area contributed by atoms with Crippen LogP contribution in [0, 0.1) is 0 Å². The summed E-state index contributed by atoms with van der Waals surface area (Å²) < 4.78 is 5.92. The quantitative estimate of drug-likeness (QED) is 0.896. The summed E-state index contributed by atoms with van der Waals surface area (Å²) in [5, 5.41) is 3.60. The molecule has 2 unspecified atom stereocenters. The molecule has 2 aliphatic rings. The Kier molecular flexibility index (Phi) is 4.16. The molecule has 0 spiro atoms. The number of hydrogen-bond acceptors (Lipinski definition) is 3. The Hall–Kier alpha value is -0.900. The van der Waals surface area contributed by atoms with Crippen molar-refractivity contribution in [2.75, 3.05) is 33.3 Å². The molecule has 1 saturated heterocycles. The predicted molar refractivity (Wildman–Crippen MR) is 77.4 cm³/mol. The molecule has 2 heterocycles. The SMILES string of the molecule is CN1CCCC1CNCC1OCCc2ccccc21. The molecule has 2 atom stereocenters. The number of hydrogen-bond donors (Lipinski definition) is 1. The number of nitrogens with zero attached hydrogens (tertiary/aromatic N) is 1. The monoisotopic (exact) mass is 260 g/mol. The van der Waals surface area contributed by atoms with Crippen molar-refractivity contribution in [2.24, 2.45) is 0 Å². The second kappa shape index (κ2) is 6.04. The van der Waals surface area contributed by atoms with Gasteiger partial charge in [0.05, 0.1) is 12.7 Å². The Balaban J connectivity index is 1.53. The molecule has 1 aromatic carbocycles. The minimum absolute atomic E-state index is 0.233. The van der Waals surface area contributed by atoms with E-state index < -0.39 is 0 Å². The van der Waals surface area contributed by atoms with Crippen LogP contribution in [-0.4, -0.2) is 44.2 Å². The molecular weight excluding hydrogens is 236 g/mol. The molecule has 0 aliphatic carbocycles. The Bertz CT molecular complexity index is 421. The molecule has 0 radical (unpaired) electrons. The summed E-state index contributed by atoms with van der Waals surface area (Å²) in [5.41, 5.74) is 2.83. The Morgan fingerprint density at radius 1 is 1.32 bits per heavy atom. The Morgan fingerprint density at radius 3 is 3.05 bits per heavy atom. The van der Waals surface area contributed by atoms with Crippen LogP contribution in [0.2, 0.25) is 0 Å². The van der Waals surface area contributed by atoms with Crippen molar-refractivity contribution in [3.8, 4) is 0 Å². The van der Waals surface area contributed by atoms with E-state index in [1.165, 1.54) is 30.5 Å². The van der Waals surface area contributed by atoms with E-state index in [1.807, 2.05) is 0 Å². The van der Waals surface area contributed by atoms with Gasteiger partial charge in [0.2, 0.25) is 0 Å². The summed E-state index contributed by atoms with van der Waals surface area (Å²) in [6.45, 7) is 4.11. The highest BCUT2D eigenvalue weighted by molar-refractivity contribution is 5.31. The van der Waals surface area contributed by atoms with E-state index in [4.69, 9.17) is 4.74 Å². The van der Waals surface area contributed by atoms with Crippen molar-refractivity contribution in [3.05, 3.63) is 35.4 Å². The first-order valence-corrected chi connectivity index (χ1v) is 7.45. The predicted octanol–water partition coefficient (Wildman–Crippen LogP) is 1.98. The van der Waals surface area contributed by atoms with Gasteiger partial charge in [-0.05, 0) is 44.0 Å². The van der Waals surface area contributed by atoms with Crippen LogP contribution in [0.5, 0.6) is 0 Å². The number of rotatable bonds is 4. The van der Waals surface area contributed by atoms with Crippen LogP contribution < -0.4 is 5.32 Å². The second-order valence-electron chi connectivity index (χ2n) is 5.74. The number of likely N-dealkylation sites (tertiary alicyclic amines) is 1. The van der Waals surface area contributed by atoms with Gasteiger partial charge in [-0.25, -0.2) is 0 Å². The van der Waals surface area contributed by atoms with E-state index in [1.54, 1.807) is 0 Å². The number of fused-ring (bicyclic) bond motifs is 1. The molecular formula is C16H24N2O. The van der Waals surface area contributed by atoms with Crippen molar-refractivity contribution in [3.63, 3.8) is 0 Å². The van der Waals surface area contributed by atoms with E-state index in [-0.39, 0.29) is 6.10 Å². The summed E-state index contributed by atoms with van der Waals surface area (Å²) in [6, 6.07) is 9.39. The third-order valence-electron chi connectivity index (χ3n) is 4.47. The number of benzene rings is 1. The molecule has 3 heteroatoms. The fourth-order valence-electron chi connectivity index (χ4n) is 3.26. The molecule has 0 amide bonds. The van der Waals surface area contributed by atoms with E-state index in [0.29, 0.717) is 6.04 Å². The van der Waals surface area contributed by atoms with Crippen molar-refractivity contribution >= 4 is 0 Å². The molecule has 1 N–H and O–H groups in total. The molecule has 1 fully saturated rings. The maximum absolute atomic E-state index is 5.92. The van der Waals surface area contributed by atoms with Gasteiger partial charge in [0.25, 0.3) is 0 Å². The fourth-order valence-corrected chi connectivity index (χ4v) is 3.26. The highest BCUT2D eigenvalue weighted by atomic mass is 16.5. The molecule has 3 nitrogen and oxygen atoms in total. The van der Waals surface area contributed by atoms with Crippen LogP contribution in [0.1, 0.15) is 30.1 Å². The highest BCUT2D eigenvalue weighted by Crippen LogP contribution is 2.26. The van der Waals surface area contributed by atoms with E-state index in [0.717, 1.165) is 26.1 Å². The summed E-state index contributed by atoms with van der Waals surface area (Å²) in [5.74, 6) is 0. The van der Waals surface area contributed by atoms with Gasteiger partial charge in [0, 0.05) is 19.1 Å². The van der Waals surface area contributed by atoms with E-state index in [9.17, 15) is 0 Å². The zero-order chi connectivity index (χ0) is 13.1. The van der Waals surface area contributed by atoms with Gasteiger partial charge in [-0.15, -0.1) is 0 Å². The van der Waals surface area contributed by atoms with Gasteiger partial charge in [0.1, 0.15) is 0 Å². The van der Waals surface area contributed by atoms with Crippen LogP contribution in [0.4, 0.5) is 0 Å². The van der Waals surface area contributed by atoms with Crippen molar-refractivity contribution < 1.29 is 4.74 Å². The van der Waals surface area contributed by atoms with Gasteiger partial charge in [-0.1, -0.05) is 24.3 Å². The zero-order valence-electron chi connectivity index (χ0n) is 11.8. The van der Waals surface area contributed by atoms with Crippen LogP contribution in [-0.2, 0) is 11.2 Å². The smallest absolute Gasteiger partial charge is 0.0952 e. The first kappa shape index (κ1) is 13.1. The number of likely N-dealkylation sites (N-methyl/N-ethyl adjacent to an activating group) is 1. The van der Waals surface area contributed by atoms with Crippen LogP contribution in [0.15, 0.2) is 24.3 Å². The van der Waals surface area contributed by atoms with Crippen LogP contribution in [0.3, 0.4) is 0 Å². The van der Waals surface area contributed by atoms with Crippen LogP contribution >= 0.6 is 0 Å². The fraction of sp³-hybridized carbons (Fsp3) is 0.625. The third kappa shape index (κ3) is 2.99. The maximum Gasteiger partial charge on any atom is 0.0952 e. The largest absolute Gasteiger partial charge is 0.372 e. The van der Waals surface area contributed by atoms with Crippen molar-refractivity contribution in [1.29, 1.82) is 0 Å². The minimum atomic E-state index is 0.233. The summed E-state index contributed by atoms with van der Waals surface area (Å²) >= 11 is 0. The Morgan fingerprint density at radius 2 is 2.21 bits per heavy atom. The molecule has 0 saturated carbocycles. The lowest BCUT2D eigenvalue weighted by Gasteiger charge is -2.27. The lowest BCUT2D eigenvalue weighted by atomic mass is 9.97. The number of nitrogens with one attached hydrogen (secondary N) is 1. The normalized spacial score (nSPS) is 27.4. The van der Waals surface area contributed by atoms with Crippen LogP contribution in [0.25, 0.3) is 0 Å². The van der Waals surface area contributed by atoms with Crippen molar-refractivity contribution in [2.45, 2.75) is 31.4 Å². The number of ether oxygens (including phenoxy) is 1. The first-order valence-electron chi connectivity index (χ1n) is 7.45. The maximum atomic E-state index is 5.92. The van der Waals surface area contributed by atoms with E-state index in [2.05, 4.69) is 41.5 Å². The van der Waals surface area contributed by atoms with Gasteiger partial charge in [0.15, 0.2) is 0 Å². The van der Waals surface area contributed by atoms with Gasteiger partial charge >= 0.3 is 0 Å². The molecule has 1 aromatic rings. The zero-order valence-corrected chi connectivity index (χ0v) is 11.8. The van der Waals surface area contributed by atoms with Gasteiger partial charge < -0.3 is 15.0 Å². The molecule has 19 heavy (non-hydrogen) atoms. The van der Waals surface area contributed by atoms with Crippen molar-refractivity contribution in [1.82, 2.24) is 10.2 Å². The molecule has 104 valence electrons. The summed E-state index contributed by atoms with van der Waals surface area (Å²) in [7, 11) is 2.23. The molecule has 2 aliphatic heterocycles. The lowest BCUT2D eigenvalue weighted by Crippen LogP contribution is -2.38. The van der Waals surface area contributed by atoms with E-state index >= 15 is 0 Å². The standard InChI is InChI=1S/C16H24N2O/c1-18-9-4-6-14(18)11-17-12-16-15-7-3-2-5-13(15)8-10-19-16/h2-3,5,7,14,16-17H,4,6,8-12H2,1H3. The first-order chi connectivity index (χ1) is 9.34. The van der Waals surface area contributed by atoms with Gasteiger partial charge in [-0.3, -0.25) is 0 Å². The second-order valence-corrected chi connectivity index (χ2v) is 5.74. The molecule has 3 rings (SSSR count). The van der Waals surface area contributed by atoms with Gasteiger partial charge in [-0.2, -0.15) is 0 Å². The molecule has 0 bridgehead atoms. The average Bonchev–Trinajstić information content (AvgIpc) is 2.85. The Labute approximate surface area is 115 Å². The highest BCUT2D eigenvalue weighted by Gasteiger charge is 2.23.